The van der Waals surface area contributed by atoms with Crippen LogP contribution in [0.5, 0.6) is 0 Å². The van der Waals surface area contributed by atoms with Crippen molar-refractivity contribution >= 4 is 0 Å². The minimum Gasteiger partial charge on any atom is -0.337 e. The number of rotatable bonds is 3. The van der Waals surface area contributed by atoms with Crippen molar-refractivity contribution in [3.8, 4) is 0 Å². The van der Waals surface area contributed by atoms with Crippen molar-refractivity contribution in [1.82, 2.24) is 24.9 Å². The highest BCUT2D eigenvalue weighted by molar-refractivity contribution is 5.00. The molecule has 0 fully saturated rings. The maximum Gasteiger partial charge on any atom is 0.248 e. The van der Waals surface area contributed by atoms with Gasteiger partial charge in [-0.25, -0.2) is 9.67 Å². The average molecular weight is 236 g/mol. The summed E-state index contributed by atoms with van der Waals surface area (Å²) in [6.07, 6.45) is 0. The highest BCUT2D eigenvalue weighted by Gasteiger charge is 2.21. The molecule has 0 radical (unpaired) electrons. The monoisotopic (exact) mass is 236 g/mol. The molecule has 0 unspecified atom stereocenters. The van der Waals surface area contributed by atoms with E-state index in [-0.39, 0.29) is 0 Å². The normalized spacial score (nSPS) is 12.1. The van der Waals surface area contributed by atoms with Crippen molar-refractivity contribution in [3.63, 3.8) is 0 Å². The first-order chi connectivity index (χ1) is 7.86. The number of hydrogen-bond donors (Lipinski definition) is 1. The molecule has 0 saturated carbocycles. The Morgan fingerprint density at radius 1 is 1.29 bits per heavy atom. The first kappa shape index (κ1) is 11.7. The summed E-state index contributed by atoms with van der Waals surface area (Å²) < 4.78 is 6.85. The average Bonchev–Trinajstić information content (AvgIpc) is 2.74. The number of hydrogen-bond acceptors (Lipinski definition) is 6. The van der Waals surface area contributed by atoms with Crippen LogP contribution in [-0.4, -0.2) is 24.9 Å². The van der Waals surface area contributed by atoms with Gasteiger partial charge in [-0.3, -0.25) is 0 Å². The maximum absolute atomic E-state index is 5.88. The molecule has 7 nitrogen and oxygen atoms in total. The van der Waals surface area contributed by atoms with Gasteiger partial charge in [-0.1, -0.05) is 5.16 Å². The van der Waals surface area contributed by atoms with Gasteiger partial charge in [0.15, 0.2) is 5.82 Å². The third-order valence-electron chi connectivity index (χ3n) is 2.29. The molecule has 0 amide bonds. The first-order valence-corrected chi connectivity index (χ1v) is 5.36. The van der Waals surface area contributed by atoms with Gasteiger partial charge in [-0.2, -0.15) is 10.1 Å². The number of nitrogens with two attached hydrogens (primary N) is 1. The summed E-state index contributed by atoms with van der Waals surface area (Å²) in [6.45, 7) is 7.78. The van der Waals surface area contributed by atoms with E-state index in [2.05, 4.69) is 20.2 Å². The van der Waals surface area contributed by atoms with Crippen molar-refractivity contribution in [2.75, 3.05) is 0 Å². The quantitative estimate of drug-likeness (QED) is 0.834. The summed E-state index contributed by atoms with van der Waals surface area (Å²) in [4.78, 5) is 8.44. The van der Waals surface area contributed by atoms with Gasteiger partial charge < -0.3 is 10.3 Å². The van der Waals surface area contributed by atoms with E-state index in [1.165, 1.54) is 0 Å². The van der Waals surface area contributed by atoms with Gasteiger partial charge in [0.05, 0.1) is 5.54 Å². The molecule has 2 aromatic heterocycles. The number of aromatic nitrogens is 5. The SMILES string of the molecule is Cc1nc(C)n(Cc2nc(C(C)(C)N)no2)n1. The molecule has 2 heterocycles. The second kappa shape index (κ2) is 3.92. The van der Waals surface area contributed by atoms with Crippen LogP contribution in [0.4, 0.5) is 0 Å². The third-order valence-corrected chi connectivity index (χ3v) is 2.29. The lowest BCUT2D eigenvalue weighted by Gasteiger charge is -2.11. The van der Waals surface area contributed by atoms with Crippen LogP contribution < -0.4 is 5.73 Å². The topological polar surface area (TPSA) is 95.7 Å². The molecule has 0 aliphatic heterocycles. The predicted octanol–water partition coefficient (Wildman–Crippen LogP) is 0.520. The summed E-state index contributed by atoms with van der Waals surface area (Å²) in [6, 6.07) is 0. The van der Waals surface area contributed by atoms with E-state index in [0.29, 0.717) is 18.3 Å². The Balaban J connectivity index is 2.20. The van der Waals surface area contributed by atoms with Crippen LogP contribution in [-0.2, 0) is 12.1 Å². The van der Waals surface area contributed by atoms with Gasteiger partial charge in [0.25, 0.3) is 0 Å². The zero-order valence-electron chi connectivity index (χ0n) is 10.4. The zero-order valence-corrected chi connectivity index (χ0v) is 10.4. The zero-order chi connectivity index (χ0) is 12.6. The molecule has 92 valence electrons. The van der Waals surface area contributed by atoms with Crippen molar-refractivity contribution < 1.29 is 4.52 Å². The molecule has 7 heteroatoms. The molecule has 0 atom stereocenters. The van der Waals surface area contributed by atoms with Crippen LogP contribution in [0.3, 0.4) is 0 Å². The minimum atomic E-state index is -0.602. The smallest absolute Gasteiger partial charge is 0.248 e. The highest BCUT2D eigenvalue weighted by Crippen LogP contribution is 2.13. The molecule has 0 aromatic carbocycles. The molecule has 2 N–H and O–H groups in total. The summed E-state index contributed by atoms with van der Waals surface area (Å²) in [5.74, 6) is 2.50. The number of nitrogens with zero attached hydrogens (tertiary/aromatic N) is 5. The van der Waals surface area contributed by atoms with Crippen LogP contribution in [0.2, 0.25) is 0 Å². The van der Waals surface area contributed by atoms with E-state index in [1.54, 1.807) is 4.68 Å². The molecule has 0 saturated heterocycles. The van der Waals surface area contributed by atoms with E-state index >= 15 is 0 Å². The van der Waals surface area contributed by atoms with Crippen molar-refractivity contribution in [2.24, 2.45) is 5.73 Å². The molecule has 0 bridgehead atoms. The summed E-state index contributed by atoms with van der Waals surface area (Å²) in [5.41, 5.74) is 5.28. The Labute approximate surface area is 99.0 Å². The van der Waals surface area contributed by atoms with Gasteiger partial charge >= 0.3 is 0 Å². The molecule has 0 spiro atoms. The fourth-order valence-corrected chi connectivity index (χ4v) is 1.42. The van der Waals surface area contributed by atoms with Gasteiger partial charge in [-0.05, 0) is 27.7 Å². The van der Waals surface area contributed by atoms with Crippen LogP contribution >= 0.6 is 0 Å². The summed E-state index contributed by atoms with van der Waals surface area (Å²) in [7, 11) is 0. The maximum atomic E-state index is 5.88. The highest BCUT2D eigenvalue weighted by atomic mass is 16.5. The second-order valence-corrected chi connectivity index (χ2v) is 4.60. The van der Waals surface area contributed by atoms with Gasteiger partial charge in [0, 0.05) is 0 Å². The lowest BCUT2D eigenvalue weighted by Crippen LogP contribution is -2.30. The summed E-state index contributed by atoms with van der Waals surface area (Å²) >= 11 is 0. The van der Waals surface area contributed by atoms with Gasteiger partial charge in [0.1, 0.15) is 18.2 Å². The lowest BCUT2D eigenvalue weighted by molar-refractivity contribution is 0.350. The van der Waals surface area contributed by atoms with Crippen LogP contribution in [0.1, 0.15) is 37.2 Å². The first-order valence-electron chi connectivity index (χ1n) is 5.36. The molecule has 2 aromatic rings. The molecule has 2 rings (SSSR count). The van der Waals surface area contributed by atoms with E-state index in [9.17, 15) is 0 Å². The molecule has 0 aliphatic carbocycles. The Hall–Kier alpha value is -1.76. The van der Waals surface area contributed by atoms with Crippen molar-refractivity contribution in [1.29, 1.82) is 0 Å². The Morgan fingerprint density at radius 3 is 2.47 bits per heavy atom. The molecular formula is C10H16N6O. The van der Waals surface area contributed by atoms with E-state index in [0.717, 1.165) is 11.6 Å². The third kappa shape index (κ3) is 2.50. The second-order valence-electron chi connectivity index (χ2n) is 4.60. The van der Waals surface area contributed by atoms with E-state index < -0.39 is 5.54 Å². The fraction of sp³-hybridized carbons (Fsp3) is 0.600. The largest absolute Gasteiger partial charge is 0.337 e. The van der Waals surface area contributed by atoms with Gasteiger partial charge in [-0.15, -0.1) is 0 Å². The molecule has 17 heavy (non-hydrogen) atoms. The Kier molecular flexibility index (Phi) is 2.70. The molecule has 0 aliphatic rings. The molecular weight excluding hydrogens is 220 g/mol. The Morgan fingerprint density at radius 2 is 2.00 bits per heavy atom. The van der Waals surface area contributed by atoms with E-state index in [1.807, 2.05) is 27.7 Å². The predicted molar refractivity (Wildman–Crippen MR) is 60.1 cm³/mol. The lowest BCUT2D eigenvalue weighted by atomic mass is 10.1. The van der Waals surface area contributed by atoms with Crippen LogP contribution in [0.25, 0.3) is 0 Å². The van der Waals surface area contributed by atoms with E-state index in [4.69, 9.17) is 10.3 Å². The van der Waals surface area contributed by atoms with Crippen molar-refractivity contribution in [3.05, 3.63) is 23.4 Å². The minimum absolute atomic E-state index is 0.412. The van der Waals surface area contributed by atoms with Crippen LogP contribution in [0.15, 0.2) is 4.52 Å². The Bertz CT molecular complexity index is 521. The van der Waals surface area contributed by atoms with Crippen molar-refractivity contribution in [2.45, 2.75) is 39.8 Å². The van der Waals surface area contributed by atoms with Crippen LogP contribution in [0, 0.1) is 13.8 Å². The summed E-state index contributed by atoms with van der Waals surface area (Å²) in [5, 5.41) is 8.07. The number of aryl methyl sites for hydroxylation is 2. The van der Waals surface area contributed by atoms with Gasteiger partial charge in [0.2, 0.25) is 5.89 Å². The standard InChI is InChI=1S/C10H16N6O/c1-6-12-7(2)16(14-6)5-8-13-9(15-17-8)10(3,4)11/h5,11H2,1-4H3. The fourth-order valence-electron chi connectivity index (χ4n) is 1.42.